The molecule has 18 heavy (non-hydrogen) atoms. The molecule has 2 rings (SSSR count). The monoisotopic (exact) mass is 247 g/mol. The fourth-order valence-corrected chi connectivity index (χ4v) is 2.41. The highest BCUT2D eigenvalue weighted by Crippen LogP contribution is 2.30. The van der Waals surface area contributed by atoms with Crippen molar-refractivity contribution in [2.45, 2.75) is 51.0 Å². The average molecular weight is 247 g/mol. The van der Waals surface area contributed by atoms with Crippen molar-refractivity contribution in [1.82, 2.24) is 0 Å². The van der Waals surface area contributed by atoms with E-state index >= 15 is 0 Å². The predicted molar refractivity (Wildman–Crippen MR) is 72.6 cm³/mol. The van der Waals surface area contributed by atoms with Crippen molar-refractivity contribution in [3.63, 3.8) is 0 Å². The number of nitrogens with one attached hydrogen (secondary N) is 1. The summed E-state index contributed by atoms with van der Waals surface area (Å²) < 4.78 is 0. The minimum absolute atomic E-state index is 0.263. The molecule has 0 unspecified atom stereocenters. The van der Waals surface area contributed by atoms with E-state index in [2.05, 4.69) is 19.2 Å². The van der Waals surface area contributed by atoms with E-state index in [-0.39, 0.29) is 5.91 Å². The summed E-state index contributed by atoms with van der Waals surface area (Å²) in [5.74, 6) is 0.164. The Kier molecular flexibility index (Phi) is 3.71. The quantitative estimate of drug-likeness (QED) is 0.862. The van der Waals surface area contributed by atoms with E-state index in [9.17, 15) is 9.90 Å². The number of rotatable bonds is 3. The van der Waals surface area contributed by atoms with Crippen LogP contribution >= 0.6 is 0 Å². The van der Waals surface area contributed by atoms with E-state index in [1.807, 2.05) is 24.3 Å². The Bertz CT molecular complexity index is 434. The normalized spacial score (nSPS) is 18.0. The molecule has 1 aliphatic rings. The smallest absolute Gasteiger partial charge is 0.256 e. The Morgan fingerprint density at radius 3 is 2.61 bits per heavy atom. The van der Waals surface area contributed by atoms with Crippen molar-refractivity contribution in [2.24, 2.45) is 0 Å². The van der Waals surface area contributed by atoms with Gasteiger partial charge < -0.3 is 10.4 Å². The SMILES string of the molecule is CC(C)c1cccc(NC(=O)C2(O)CCCC2)c1. The predicted octanol–water partition coefficient (Wildman–Crippen LogP) is 3.05. The molecule has 0 aliphatic heterocycles. The highest BCUT2D eigenvalue weighted by molar-refractivity contribution is 5.97. The largest absolute Gasteiger partial charge is 0.380 e. The molecule has 3 nitrogen and oxygen atoms in total. The maximum atomic E-state index is 12.1. The molecule has 0 heterocycles. The van der Waals surface area contributed by atoms with Crippen LogP contribution in [0.1, 0.15) is 51.0 Å². The lowest BCUT2D eigenvalue weighted by atomic mass is 10.0. The van der Waals surface area contributed by atoms with Gasteiger partial charge in [-0.25, -0.2) is 0 Å². The third kappa shape index (κ3) is 2.72. The van der Waals surface area contributed by atoms with Gasteiger partial charge in [0, 0.05) is 5.69 Å². The summed E-state index contributed by atoms with van der Waals surface area (Å²) >= 11 is 0. The van der Waals surface area contributed by atoms with Crippen LogP contribution in [0, 0.1) is 0 Å². The molecule has 1 aromatic rings. The standard InChI is InChI=1S/C15H21NO2/c1-11(2)12-6-5-7-13(10-12)16-14(17)15(18)8-3-4-9-15/h5-7,10-11,18H,3-4,8-9H2,1-2H3,(H,16,17). The molecule has 1 saturated carbocycles. The van der Waals surface area contributed by atoms with E-state index in [4.69, 9.17) is 0 Å². The highest BCUT2D eigenvalue weighted by atomic mass is 16.3. The Morgan fingerprint density at radius 1 is 1.33 bits per heavy atom. The zero-order chi connectivity index (χ0) is 13.2. The summed E-state index contributed by atoms with van der Waals surface area (Å²) in [4.78, 5) is 12.1. The van der Waals surface area contributed by atoms with Gasteiger partial charge in [-0.2, -0.15) is 0 Å². The number of hydrogen-bond acceptors (Lipinski definition) is 2. The third-order valence-corrected chi connectivity index (χ3v) is 3.66. The van der Waals surface area contributed by atoms with Gasteiger partial charge in [0.15, 0.2) is 0 Å². The number of benzene rings is 1. The zero-order valence-corrected chi connectivity index (χ0v) is 11.1. The molecule has 0 spiro atoms. The second-order valence-corrected chi connectivity index (χ2v) is 5.47. The van der Waals surface area contributed by atoms with Gasteiger partial charge in [-0.05, 0) is 49.3 Å². The first kappa shape index (κ1) is 13.1. The molecule has 1 aromatic carbocycles. The van der Waals surface area contributed by atoms with Gasteiger partial charge >= 0.3 is 0 Å². The number of aliphatic hydroxyl groups is 1. The van der Waals surface area contributed by atoms with Gasteiger partial charge in [0.25, 0.3) is 5.91 Å². The maximum Gasteiger partial charge on any atom is 0.256 e. The fourth-order valence-electron chi connectivity index (χ4n) is 2.41. The molecule has 0 radical (unpaired) electrons. The van der Waals surface area contributed by atoms with Gasteiger partial charge in [0.2, 0.25) is 0 Å². The van der Waals surface area contributed by atoms with E-state index in [0.29, 0.717) is 18.8 Å². The van der Waals surface area contributed by atoms with Crippen LogP contribution in [0.4, 0.5) is 5.69 Å². The lowest BCUT2D eigenvalue weighted by molar-refractivity contribution is -0.133. The van der Waals surface area contributed by atoms with Gasteiger partial charge in [-0.3, -0.25) is 4.79 Å². The summed E-state index contributed by atoms with van der Waals surface area (Å²) in [6.45, 7) is 4.23. The van der Waals surface area contributed by atoms with Gasteiger partial charge in [0.05, 0.1) is 0 Å². The van der Waals surface area contributed by atoms with Crippen molar-refractivity contribution in [3.05, 3.63) is 29.8 Å². The average Bonchev–Trinajstić information content (AvgIpc) is 2.78. The van der Waals surface area contributed by atoms with Crippen LogP contribution in [0.2, 0.25) is 0 Å². The van der Waals surface area contributed by atoms with Gasteiger partial charge in [-0.15, -0.1) is 0 Å². The zero-order valence-electron chi connectivity index (χ0n) is 11.1. The molecule has 0 atom stereocenters. The topological polar surface area (TPSA) is 49.3 Å². The third-order valence-electron chi connectivity index (χ3n) is 3.66. The van der Waals surface area contributed by atoms with Gasteiger partial charge in [-0.1, -0.05) is 26.0 Å². The number of amides is 1. The summed E-state index contributed by atoms with van der Waals surface area (Å²) in [5.41, 5.74) is 0.797. The minimum atomic E-state index is -1.16. The minimum Gasteiger partial charge on any atom is -0.380 e. The lowest BCUT2D eigenvalue weighted by Gasteiger charge is -2.21. The summed E-state index contributed by atoms with van der Waals surface area (Å²) in [7, 11) is 0. The van der Waals surface area contributed by atoms with Crippen molar-refractivity contribution in [2.75, 3.05) is 5.32 Å². The summed E-state index contributed by atoms with van der Waals surface area (Å²) in [5, 5.41) is 13.0. The van der Waals surface area contributed by atoms with E-state index in [1.54, 1.807) is 0 Å². The molecular formula is C15H21NO2. The van der Waals surface area contributed by atoms with E-state index in [1.165, 1.54) is 5.56 Å². The second kappa shape index (κ2) is 5.11. The molecule has 1 aliphatic carbocycles. The highest BCUT2D eigenvalue weighted by Gasteiger charge is 2.38. The second-order valence-electron chi connectivity index (χ2n) is 5.47. The molecule has 3 heteroatoms. The number of carbonyl (C=O) groups is 1. The molecule has 1 fully saturated rings. The molecule has 98 valence electrons. The Balaban J connectivity index is 2.09. The lowest BCUT2D eigenvalue weighted by Crippen LogP contribution is -2.40. The molecule has 0 saturated heterocycles. The summed E-state index contributed by atoms with van der Waals surface area (Å²) in [6.07, 6.45) is 3.00. The van der Waals surface area contributed by atoms with Crippen LogP contribution in [0.3, 0.4) is 0 Å². The number of carbonyl (C=O) groups excluding carboxylic acids is 1. The van der Waals surface area contributed by atoms with Crippen LogP contribution in [0.5, 0.6) is 0 Å². The van der Waals surface area contributed by atoms with Crippen LogP contribution in [0.15, 0.2) is 24.3 Å². The van der Waals surface area contributed by atoms with Gasteiger partial charge in [0.1, 0.15) is 5.60 Å². The Labute approximate surface area is 108 Å². The summed E-state index contributed by atoms with van der Waals surface area (Å²) in [6, 6.07) is 7.82. The van der Waals surface area contributed by atoms with Crippen molar-refractivity contribution in [3.8, 4) is 0 Å². The van der Waals surface area contributed by atoms with Crippen LogP contribution in [-0.2, 0) is 4.79 Å². The first-order valence-electron chi connectivity index (χ1n) is 6.65. The Morgan fingerprint density at radius 2 is 2.00 bits per heavy atom. The van der Waals surface area contributed by atoms with Crippen molar-refractivity contribution < 1.29 is 9.90 Å². The first-order chi connectivity index (χ1) is 8.51. The number of hydrogen-bond donors (Lipinski definition) is 2. The molecule has 0 aromatic heterocycles. The van der Waals surface area contributed by atoms with Crippen molar-refractivity contribution in [1.29, 1.82) is 0 Å². The molecule has 0 bridgehead atoms. The number of anilines is 1. The Hall–Kier alpha value is -1.35. The molecule has 1 amide bonds. The first-order valence-corrected chi connectivity index (χ1v) is 6.65. The van der Waals surface area contributed by atoms with Crippen LogP contribution < -0.4 is 5.32 Å². The van der Waals surface area contributed by atoms with Crippen LogP contribution in [-0.4, -0.2) is 16.6 Å². The van der Waals surface area contributed by atoms with Crippen LogP contribution in [0.25, 0.3) is 0 Å². The fraction of sp³-hybridized carbons (Fsp3) is 0.533. The van der Waals surface area contributed by atoms with E-state index < -0.39 is 5.60 Å². The maximum absolute atomic E-state index is 12.1. The van der Waals surface area contributed by atoms with Crippen molar-refractivity contribution >= 4 is 11.6 Å². The van der Waals surface area contributed by atoms with E-state index in [0.717, 1.165) is 18.5 Å². The molecule has 2 N–H and O–H groups in total. The molecular weight excluding hydrogens is 226 g/mol.